The molecule has 1 heterocycles. The number of alkyl halides is 2. The Morgan fingerprint density at radius 1 is 1.19 bits per heavy atom. The molecule has 1 aromatic heterocycles. The first-order valence-corrected chi connectivity index (χ1v) is 4.85. The van der Waals surface area contributed by atoms with Gasteiger partial charge in [-0.1, -0.05) is 18.2 Å². The van der Waals surface area contributed by atoms with Crippen LogP contribution in [0.1, 0.15) is 17.7 Å². The van der Waals surface area contributed by atoms with E-state index in [1.807, 2.05) is 6.92 Å². The van der Waals surface area contributed by atoms with Crippen molar-refractivity contribution in [2.24, 2.45) is 0 Å². The maximum absolute atomic E-state index is 12.5. The zero-order chi connectivity index (χ0) is 11.5. The van der Waals surface area contributed by atoms with Crippen LogP contribution in [0, 0.1) is 6.92 Å². The second kappa shape index (κ2) is 4.35. The van der Waals surface area contributed by atoms with E-state index >= 15 is 0 Å². The molecule has 16 heavy (non-hydrogen) atoms. The van der Waals surface area contributed by atoms with Gasteiger partial charge in [-0.25, -0.2) is 18.7 Å². The van der Waals surface area contributed by atoms with Crippen LogP contribution in [0.4, 0.5) is 8.78 Å². The normalized spacial score (nSPS) is 10.8. The van der Waals surface area contributed by atoms with E-state index in [4.69, 9.17) is 0 Å². The second-order valence-electron chi connectivity index (χ2n) is 3.45. The number of benzene rings is 1. The van der Waals surface area contributed by atoms with Crippen molar-refractivity contribution in [3.8, 4) is 11.4 Å². The molecule has 0 fully saturated rings. The maximum Gasteiger partial charge on any atom is 0.263 e. The van der Waals surface area contributed by atoms with Crippen molar-refractivity contribution >= 4 is 0 Å². The monoisotopic (exact) mass is 220 g/mol. The van der Waals surface area contributed by atoms with Crippen LogP contribution >= 0.6 is 0 Å². The van der Waals surface area contributed by atoms with Gasteiger partial charge >= 0.3 is 0 Å². The van der Waals surface area contributed by atoms with Crippen LogP contribution in [-0.4, -0.2) is 9.97 Å². The van der Waals surface area contributed by atoms with Crippen LogP contribution in [0.2, 0.25) is 0 Å². The zero-order valence-corrected chi connectivity index (χ0v) is 8.69. The number of rotatable bonds is 2. The van der Waals surface area contributed by atoms with Gasteiger partial charge in [-0.3, -0.25) is 0 Å². The summed E-state index contributed by atoms with van der Waals surface area (Å²) < 4.78 is 25.0. The fourth-order valence-electron chi connectivity index (χ4n) is 1.40. The van der Waals surface area contributed by atoms with E-state index < -0.39 is 6.43 Å². The number of aromatic nitrogens is 2. The molecule has 0 radical (unpaired) electrons. The minimum atomic E-state index is -2.47. The summed E-state index contributed by atoms with van der Waals surface area (Å²) in [6.45, 7) is 1.84. The van der Waals surface area contributed by atoms with Crippen LogP contribution in [0.3, 0.4) is 0 Å². The Bertz CT molecular complexity index is 498. The van der Waals surface area contributed by atoms with Gasteiger partial charge in [0.2, 0.25) is 0 Å². The molecule has 0 saturated heterocycles. The Kier molecular flexibility index (Phi) is 2.90. The summed E-state index contributed by atoms with van der Waals surface area (Å²) in [6.07, 6.45) is -0.850. The minimum Gasteiger partial charge on any atom is -0.237 e. The summed E-state index contributed by atoms with van der Waals surface area (Å²) >= 11 is 0. The van der Waals surface area contributed by atoms with Crippen molar-refractivity contribution in [2.75, 3.05) is 0 Å². The van der Waals surface area contributed by atoms with E-state index in [9.17, 15) is 8.78 Å². The molecule has 0 aliphatic heterocycles. The standard InChI is InChI=1S/C12H10F2N2/c1-8-5-6-15-12(16-8)10-4-2-3-9(7-10)11(13)14/h2-7,11H,1H3. The molecule has 0 aliphatic carbocycles. The molecule has 0 unspecified atom stereocenters. The van der Waals surface area contributed by atoms with Gasteiger partial charge in [0.25, 0.3) is 6.43 Å². The van der Waals surface area contributed by atoms with Gasteiger partial charge in [-0.2, -0.15) is 0 Å². The highest BCUT2D eigenvalue weighted by Gasteiger charge is 2.09. The highest BCUT2D eigenvalue weighted by molar-refractivity contribution is 5.56. The summed E-state index contributed by atoms with van der Waals surface area (Å²) in [5.74, 6) is 0.475. The van der Waals surface area contributed by atoms with Crippen LogP contribution in [0.5, 0.6) is 0 Å². The Hall–Kier alpha value is -1.84. The van der Waals surface area contributed by atoms with Gasteiger partial charge in [0.05, 0.1) is 0 Å². The van der Waals surface area contributed by atoms with Gasteiger partial charge in [0.1, 0.15) is 0 Å². The van der Waals surface area contributed by atoms with Gasteiger partial charge in [-0.15, -0.1) is 0 Å². The number of hydrogen-bond acceptors (Lipinski definition) is 2. The Labute approximate surface area is 92.0 Å². The minimum absolute atomic E-state index is 0.0115. The van der Waals surface area contributed by atoms with E-state index in [1.165, 1.54) is 12.1 Å². The first-order valence-electron chi connectivity index (χ1n) is 4.85. The smallest absolute Gasteiger partial charge is 0.237 e. The van der Waals surface area contributed by atoms with E-state index in [2.05, 4.69) is 9.97 Å². The van der Waals surface area contributed by atoms with Crippen molar-refractivity contribution in [2.45, 2.75) is 13.3 Å². The average Bonchev–Trinajstić information content (AvgIpc) is 2.29. The van der Waals surface area contributed by atoms with E-state index in [-0.39, 0.29) is 5.56 Å². The SMILES string of the molecule is Cc1ccnc(-c2cccc(C(F)F)c2)n1. The van der Waals surface area contributed by atoms with Crippen molar-refractivity contribution in [3.63, 3.8) is 0 Å². The summed E-state index contributed by atoms with van der Waals surface area (Å²) in [5.41, 5.74) is 1.41. The number of nitrogens with zero attached hydrogens (tertiary/aromatic N) is 2. The highest BCUT2D eigenvalue weighted by atomic mass is 19.3. The first-order chi connectivity index (χ1) is 7.66. The van der Waals surface area contributed by atoms with Crippen molar-refractivity contribution in [3.05, 3.63) is 47.8 Å². The van der Waals surface area contributed by atoms with Crippen LogP contribution < -0.4 is 0 Å². The van der Waals surface area contributed by atoms with Crippen LogP contribution in [-0.2, 0) is 0 Å². The van der Waals surface area contributed by atoms with Gasteiger partial charge in [0, 0.05) is 23.0 Å². The summed E-state index contributed by atoms with van der Waals surface area (Å²) in [6, 6.07) is 7.88. The predicted molar refractivity (Wildman–Crippen MR) is 57.2 cm³/mol. The van der Waals surface area contributed by atoms with Gasteiger partial charge < -0.3 is 0 Å². The van der Waals surface area contributed by atoms with Crippen molar-refractivity contribution < 1.29 is 8.78 Å². The van der Waals surface area contributed by atoms with Crippen LogP contribution in [0.25, 0.3) is 11.4 Å². The molecule has 4 heteroatoms. The van der Waals surface area contributed by atoms with Gasteiger partial charge in [0.15, 0.2) is 5.82 Å². The second-order valence-corrected chi connectivity index (χ2v) is 3.45. The Morgan fingerprint density at radius 3 is 2.69 bits per heavy atom. The molecule has 1 aromatic carbocycles. The lowest BCUT2D eigenvalue weighted by molar-refractivity contribution is 0.151. The molecule has 0 bridgehead atoms. The summed E-state index contributed by atoms with van der Waals surface area (Å²) in [5, 5.41) is 0. The number of halogens is 2. The fraction of sp³-hybridized carbons (Fsp3) is 0.167. The Morgan fingerprint density at radius 2 is 2.00 bits per heavy atom. The largest absolute Gasteiger partial charge is 0.263 e. The van der Waals surface area contributed by atoms with E-state index in [0.717, 1.165) is 5.69 Å². The average molecular weight is 220 g/mol. The van der Waals surface area contributed by atoms with Crippen molar-refractivity contribution in [1.29, 1.82) is 0 Å². The summed E-state index contributed by atoms with van der Waals surface area (Å²) in [4.78, 5) is 8.24. The quantitative estimate of drug-likeness (QED) is 0.775. The maximum atomic E-state index is 12.5. The molecule has 0 atom stereocenters. The first kappa shape index (κ1) is 10.7. The third-order valence-electron chi connectivity index (χ3n) is 2.19. The molecule has 0 aliphatic rings. The lowest BCUT2D eigenvalue weighted by Gasteiger charge is -2.03. The lowest BCUT2D eigenvalue weighted by Crippen LogP contribution is -1.92. The molecule has 0 spiro atoms. The lowest BCUT2D eigenvalue weighted by atomic mass is 10.1. The van der Waals surface area contributed by atoms with E-state index in [0.29, 0.717) is 11.4 Å². The molecule has 0 saturated carbocycles. The molecular formula is C12H10F2N2. The third-order valence-corrected chi connectivity index (χ3v) is 2.19. The fourth-order valence-corrected chi connectivity index (χ4v) is 1.40. The predicted octanol–water partition coefficient (Wildman–Crippen LogP) is 3.39. The zero-order valence-electron chi connectivity index (χ0n) is 8.69. The number of aryl methyl sites for hydroxylation is 1. The van der Waals surface area contributed by atoms with E-state index in [1.54, 1.807) is 24.4 Å². The molecular weight excluding hydrogens is 210 g/mol. The Balaban J connectivity index is 2.44. The van der Waals surface area contributed by atoms with Gasteiger partial charge in [-0.05, 0) is 19.1 Å². The number of hydrogen-bond donors (Lipinski definition) is 0. The molecule has 82 valence electrons. The topological polar surface area (TPSA) is 25.8 Å². The third kappa shape index (κ3) is 2.21. The van der Waals surface area contributed by atoms with Crippen molar-refractivity contribution in [1.82, 2.24) is 9.97 Å². The molecule has 2 nitrogen and oxygen atoms in total. The summed E-state index contributed by atoms with van der Waals surface area (Å²) in [7, 11) is 0. The molecule has 0 amide bonds. The highest BCUT2D eigenvalue weighted by Crippen LogP contribution is 2.23. The molecule has 2 rings (SSSR count). The van der Waals surface area contributed by atoms with Crippen LogP contribution in [0.15, 0.2) is 36.5 Å². The molecule has 0 N–H and O–H groups in total. The molecule has 2 aromatic rings.